The number of nitro groups is 1. The van der Waals surface area contributed by atoms with Crippen LogP contribution in [0.2, 0.25) is 5.02 Å². The summed E-state index contributed by atoms with van der Waals surface area (Å²) < 4.78 is 0. The van der Waals surface area contributed by atoms with Crippen molar-refractivity contribution in [2.24, 2.45) is 0 Å². The molecule has 132 valence electrons. The lowest BCUT2D eigenvalue weighted by molar-refractivity contribution is -0.384. The third-order valence-corrected chi connectivity index (χ3v) is 4.02. The Bertz CT molecular complexity index is 738. The second kappa shape index (κ2) is 9.15. The number of carbonyl (C=O) groups excluding carboxylic acids is 1. The molecule has 0 fully saturated rings. The maximum Gasteiger partial charge on any atom is 0.270 e. The van der Waals surface area contributed by atoms with Crippen LogP contribution < -0.4 is 5.32 Å². The summed E-state index contributed by atoms with van der Waals surface area (Å²) in [6.07, 6.45) is 0.791. The van der Waals surface area contributed by atoms with Gasteiger partial charge in [0, 0.05) is 25.2 Å². The smallest absolute Gasteiger partial charge is 0.270 e. The summed E-state index contributed by atoms with van der Waals surface area (Å²) in [5.41, 5.74) is 1.35. The number of nitrogens with zero attached hydrogens (tertiary/aromatic N) is 2. The molecule has 0 unspecified atom stereocenters. The van der Waals surface area contributed by atoms with E-state index in [2.05, 4.69) is 22.3 Å². The number of hydrogen-bond acceptors (Lipinski definition) is 4. The van der Waals surface area contributed by atoms with Crippen LogP contribution in [0.25, 0.3) is 0 Å². The van der Waals surface area contributed by atoms with Crippen molar-refractivity contribution in [3.05, 3.63) is 74.8 Å². The summed E-state index contributed by atoms with van der Waals surface area (Å²) in [6, 6.07) is 14.0. The van der Waals surface area contributed by atoms with Crippen LogP contribution in [-0.4, -0.2) is 35.9 Å². The molecular formula is C18H20ClN3O3. The van der Waals surface area contributed by atoms with Gasteiger partial charge in [-0.2, -0.15) is 0 Å². The van der Waals surface area contributed by atoms with Crippen molar-refractivity contribution in [1.29, 1.82) is 0 Å². The fourth-order valence-corrected chi connectivity index (χ4v) is 2.68. The largest absolute Gasteiger partial charge is 0.352 e. The molecule has 1 N–H and O–H groups in total. The summed E-state index contributed by atoms with van der Waals surface area (Å²) in [5.74, 6) is -0.328. The Labute approximate surface area is 151 Å². The highest BCUT2D eigenvalue weighted by atomic mass is 35.5. The van der Waals surface area contributed by atoms with E-state index in [1.54, 1.807) is 0 Å². The zero-order valence-electron chi connectivity index (χ0n) is 13.9. The number of halogens is 1. The van der Waals surface area contributed by atoms with Gasteiger partial charge in [0.15, 0.2) is 0 Å². The van der Waals surface area contributed by atoms with Gasteiger partial charge in [0.05, 0.1) is 15.5 Å². The minimum atomic E-state index is -0.546. The van der Waals surface area contributed by atoms with Crippen LogP contribution in [0.3, 0.4) is 0 Å². The van der Waals surface area contributed by atoms with Crippen LogP contribution in [0.15, 0.2) is 48.5 Å². The molecule has 1 amide bonds. The number of rotatable bonds is 8. The molecule has 6 nitrogen and oxygen atoms in total. The van der Waals surface area contributed by atoms with Gasteiger partial charge < -0.3 is 10.2 Å². The van der Waals surface area contributed by atoms with E-state index >= 15 is 0 Å². The molecule has 0 saturated heterocycles. The summed E-state index contributed by atoms with van der Waals surface area (Å²) in [5, 5.41) is 13.5. The quantitative estimate of drug-likeness (QED) is 0.443. The number of carbonyl (C=O) groups is 1. The number of non-ortho nitro benzene ring substituents is 1. The summed E-state index contributed by atoms with van der Waals surface area (Å²) in [6.45, 7) is 2.19. The Balaban J connectivity index is 1.76. The minimum absolute atomic E-state index is 0.0768. The number of nitrogens with one attached hydrogen (secondary N) is 1. The number of nitro benzene ring substituents is 1. The van der Waals surface area contributed by atoms with Crippen molar-refractivity contribution in [3.8, 4) is 0 Å². The van der Waals surface area contributed by atoms with Gasteiger partial charge in [-0.25, -0.2) is 0 Å². The lowest BCUT2D eigenvalue weighted by Crippen LogP contribution is -2.28. The molecule has 0 aliphatic rings. The van der Waals surface area contributed by atoms with Crippen LogP contribution >= 0.6 is 11.6 Å². The molecule has 0 heterocycles. The van der Waals surface area contributed by atoms with Crippen molar-refractivity contribution in [2.45, 2.75) is 13.0 Å². The van der Waals surface area contributed by atoms with Crippen molar-refractivity contribution in [2.75, 3.05) is 20.1 Å². The zero-order valence-corrected chi connectivity index (χ0v) is 14.7. The van der Waals surface area contributed by atoms with E-state index in [0.717, 1.165) is 19.5 Å². The van der Waals surface area contributed by atoms with Crippen LogP contribution in [0, 0.1) is 10.1 Å². The summed E-state index contributed by atoms with van der Waals surface area (Å²) in [7, 11) is 2.03. The Hall–Kier alpha value is -2.44. The second-order valence-corrected chi connectivity index (χ2v) is 6.16. The normalized spacial score (nSPS) is 10.7. The van der Waals surface area contributed by atoms with Gasteiger partial charge >= 0.3 is 0 Å². The van der Waals surface area contributed by atoms with Crippen LogP contribution in [0.1, 0.15) is 22.3 Å². The van der Waals surface area contributed by atoms with E-state index in [1.807, 2.05) is 25.2 Å². The van der Waals surface area contributed by atoms with Crippen molar-refractivity contribution in [1.82, 2.24) is 10.2 Å². The van der Waals surface area contributed by atoms with E-state index in [0.29, 0.717) is 6.54 Å². The first-order chi connectivity index (χ1) is 12.0. The molecule has 2 aromatic rings. The Kier molecular flexibility index (Phi) is 6.91. The highest BCUT2D eigenvalue weighted by molar-refractivity contribution is 6.34. The molecule has 2 aromatic carbocycles. The van der Waals surface area contributed by atoms with Crippen molar-refractivity contribution < 1.29 is 9.72 Å². The highest BCUT2D eigenvalue weighted by Crippen LogP contribution is 2.22. The summed E-state index contributed by atoms with van der Waals surface area (Å²) >= 11 is 5.95. The third-order valence-electron chi connectivity index (χ3n) is 3.71. The van der Waals surface area contributed by atoms with Crippen molar-refractivity contribution in [3.63, 3.8) is 0 Å². The zero-order chi connectivity index (χ0) is 18.2. The monoisotopic (exact) mass is 361 g/mol. The average Bonchev–Trinajstić information content (AvgIpc) is 2.59. The fourth-order valence-electron chi connectivity index (χ4n) is 2.42. The molecule has 25 heavy (non-hydrogen) atoms. The fraction of sp³-hybridized carbons (Fsp3) is 0.278. The lowest BCUT2D eigenvalue weighted by atomic mass is 10.2. The van der Waals surface area contributed by atoms with Gasteiger partial charge in [0.25, 0.3) is 11.6 Å². The predicted molar refractivity (Wildman–Crippen MR) is 97.8 cm³/mol. The van der Waals surface area contributed by atoms with Gasteiger partial charge in [0.1, 0.15) is 0 Å². The molecule has 0 atom stereocenters. The highest BCUT2D eigenvalue weighted by Gasteiger charge is 2.14. The van der Waals surface area contributed by atoms with Gasteiger partial charge in [-0.1, -0.05) is 41.9 Å². The molecule has 7 heteroatoms. The van der Waals surface area contributed by atoms with Gasteiger partial charge in [-0.15, -0.1) is 0 Å². The van der Waals surface area contributed by atoms with Gasteiger partial charge in [0.2, 0.25) is 0 Å². The summed E-state index contributed by atoms with van der Waals surface area (Å²) in [4.78, 5) is 24.4. The molecule has 0 aromatic heterocycles. The predicted octanol–water partition coefficient (Wildman–Crippen LogP) is 3.50. The van der Waals surface area contributed by atoms with Crippen LogP contribution in [0.4, 0.5) is 5.69 Å². The standard InChI is InChI=1S/C18H20ClN3O3/c1-21(13-14-6-3-2-4-7-14)11-5-10-20-18(23)16-9-8-15(22(24)25)12-17(16)19/h2-4,6-9,12H,5,10-11,13H2,1H3,(H,20,23). The molecule has 0 aliphatic carbocycles. The first kappa shape index (κ1) is 18.9. The topological polar surface area (TPSA) is 75.5 Å². The van der Waals surface area contributed by atoms with E-state index in [9.17, 15) is 14.9 Å². The number of amides is 1. The van der Waals surface area contributed by atoms with E-state index in [1.165, 1.54) is 23.8 Å². The Morgan fingerprint density at radius 1 is 1.24 bits per heavy atom. The molecule has 2 rings (SSSR count). The first-order valence-electron chi connectivity index (χ1n) is 7.92. The third kappa shape index (κ3) is 5.85. The van der Waals surface area contributed by atoms with E-state index < -0.39 is 4.92 Å². The van der Waals surface area contributed by atoms with E-state index in [4.69, 9.17) is 11.6 Å². The molecule has 0 aliphatic heterocycles. The molecule has 0 bridgehead atoms. The second-order valence-electron chi connectivity index (χ2n) is 5.75. The molecule has 0 saturated carbocycles. The maximum absolute atomic E-state index is 12.1. The average molecular weight is 362 g/mol. The Morgan fingerprint density at radius 2 is 1.96 bits per heavy atom. The number of benzene rings is 2. The molecular weight excluding hydrogens is 342 g/mol. The first-order valence-corrected chi connectivity index (χ1v) is 8.30. The minimum Gasteiger partial charge on any atom is -0.352 e. The molecule has 0 radical (unpaired) electrons. The SMILES string of the molecule is CN(CCCNC(=O)c1ccc([N+](=O)[O-])cc1Cl)Cc1ccccc1. The van der Waals surface area contributed by atoms with Gasteiger partial charge in [-0.05, 0) is 31.6 Å². The van der Waals surface area contributed by atoms with Crippen LogP contribution in [-0.2, 0) is 6.54 Å². The number of hydrogen-bond donors (Lipinski definition) is 1. The van der Waals surface area contributed by atoms with Crippen molar-refractivity contribution >= 4 is 23.2 Å². The molecule has 0 spiro atoms. The van der Waals surface area contributed by atoms with E-state index in [-0.39, 0.29) is 22.2 Å². The van der Waals surface area contributed by atoms with Crippen LogP contribution in [0.5, 0.6) is 0 Å². The van der Waals surface area contributed by atoms with Gasteiger partial charge in [-0.3, -0.25) is 14.9 Å². The lowest BCUT2D eigenvalue weighted by Gasteiger charge is -2.16. The Morgan fingerprint density at radius 3 is 2.60 bits per heavy atom. The maximum atomic E-state index is 12.1.